The van der Waals surface area contributed by atoms with Gasteiger partial charge in [0.05, 0.1) is 36.5 Å². The van der Waals surface area contributed by atoms with Gasteiger partial charge in [0.2, 0.25) is 5.82 Å². The fourth-order valence-corrected chi connectivity index (χ4v) is 3.98. The van der Waals surface area contributed by atoms with Crippen molar-refractivity contribution < 1.29 is 23.5 Å². The number of rotatable bonds is 10. The lowest BCUT2D eigenvalue weighted by atomic mass is 10.2. The molecule has 9 heteroatoms. The van der Waals surface area contributed by atoms with Crippen LogP contribution in [0.2, 0.25) is 0 Å². The number of nitrogens with zero attached hydrogens (tertiary/aromatic N) is 3. The molecule has 0 amide bonds. The van der Waals surface area contributed by atoms with Crippen LogP contribution < -0.4 is 9.47 Å². The number of hydrogen-bond acceptors (Lipinski definition) is 9. The Hall–Kier alpha value is -3.72. The van der Waals surface area contributed by atoms with E-state index < -0.39 is 5.97 Å². The summed E-state index contributed by atoms with van der Waals surface area (Å²) in [6, 6.07) is 15.1. The first-order valence-electron chi connectivity index (χ1n) is 10.5. The maximum absolute atomic E-state index is 12.3. The number of aromatic nitrogens is 3. The molecule has 170 valence electrons. The maximum atomic E-state index is 12.3. The molecular formula is C24H23N3O5S. The van der Waals surface area contributed by atoms with Crippen molar-refractivity contribution >= 4 is 17.3 Å². The minimum absolute atomic E-state index is 0.0431. The van der Waals surface area contributed by atoms with E-state index in [0.29, 0.717) is 36.0 Å². The van der Waals surface area contributed by atoms with Gasteiger partial charge in [0.15, 0.2) is 6.61 Å². The number of hydrogen-bond donors (Lipinski definition) is 0. The maximum Gasteiger partial charge on any atom is 0.312 e. The van der Waals surface area contributed by atoms with E-state index in [1.54, 1.807) is 0 Å². The lowest BCUT2D eigenvalue weighted by Crippen LogP contribution is -2.08. The van der Waals surface area contributed by atoms with E-state index in [1.807, 2.05) is 67.8 Å². The summed E-state index contributed by atoms with van der Waals surface area (Å²) in [4.78, 5) is 21.2. The molecule has 33 heavy (non-hydrogen) atoms. The third kappa shape index (κ3) is 5.56. The highest BCUT2D eigenvalue weighted by Crippen LogP contribution is 2.32. The van der Waals surface area contributed by atoms with Crippen LogP contribution in [0.15, 0.2) is 58.4 Å². The van der Waals surface area contributed by atoms with Gasteiger partial charge in [-0.2, -0.15) is 4.98 Å². The van der Waals surface area contributed by atoms with Gasteiger partial charge in [0, 0.05) is 5.38 Å². The van der Waals surface area contributed by atoms with Crippen molar-refractivity contribution in [2.75, 3.05) is 13.2 Å². The number of thiazole rings is 1. The summed E-state index contributed by atoms with van der Waals surface area (Å²) in [7, 11) is 0. The minimum Gasteiger partial charge on any atom is -0.493 e. The first kappa shape index (κ1) is 22.5. The van der Waals surface area contributed by atoms with E-state index in [4.69, 9.17) is 18.7 Å². The van der Waals surface area contributed by atoms with E-state index >= 15 is 0 Å². The Morgan fingerprint density at radius 2 is 1.61 bits per heavy atom. The number of benzene rings is 2. The van der Waals surface area contributed by atoms with Crippen molar-refractivity contribution in [3.05, 3.63) is 65.5 Å². The van der Waals surface area contributed by atoms with Crippen molar-refractivity contribution in [1.29, 1.82) is 0 Å². The van der Waals surface area contributed by atoms with Crippen molar-refractivity contribution in [3.63, 3.8) is 0 Å². The van der Waals surface area contributed by atoms with Gasteiger partial charge in [-0.1, -0.05) is 29.4 Å². The molecule has 0 unspecified atom stereocenters. The van der Waals surface area contributed by atoms with Gasteiger partial charge in [-0.05, 0) is 38.1 Å². The topological polar surface area (TPSA) is 96.6 Å². The highest BCUT2D eigenvalue weighted by Gasteiger charge is 2.16. The van der Waals surface area contributed by atoms with Crippen LogP contribution in [-0.4, -0.2) is 34.3 Å². The van der Waals surface area contributed by atoms with Crippen LogP contribution in [-0.2, 0) is 22.6 Å². The number of carbonyl (C=O) groups is 1. The molecule has 2 aromatic carbocycles. The van der Waals surface area contributed by atoms with Crippen LogP contribution >= 0.6 is 11.3 Å². The van der Waals surface area contributed by atoms with Crippen LogP contribution in [0, 0.1) is 0 Å². The second-order valence-corrected chi connectivity index (χ2v) is 7.71. The lowest BCUT2D eigenvalue weighted by Gasteiger charge is -2.07. The van der Waals surface area contributed by atoms with E-state index in [-0.39, 0.29) is 18.9 Å². The Labute approximate surface area is 195 Å². The fourth-order valence-electron chi connectivity index (χ4n) is 3.13. The standard InChI is InChI=1S/C24H23N3O5S/c1-3-29-19-11-7-5-9-17(19)23-26-21(32-27-23)14-31-22(28)13-16-15-33-24(25-16)18-10-6-8-12-20(18)30-4-2/h5-12,15H,3-4,13-14H2,1-2H3. The monoisotopic (exact) mass is 465 g/mol. The fraction of sp³-hybridized carbons (Fsp3) is 0.250. The normalized spacial score (nSPS) is 10.7. The zero-order valence-electron chi connectivity index (χ0n) is 18.3. The van der Waals surface area contributed by atoms with Gasteiger partial charge in [-0.25, -0.2) is 4.98 Å². The van der Waals surface area contributed by atoms with Gasteiger partial charge in [0.1, 0.15) is 16.5 Å². The van der Waals surface area contributed by atoms with E-state index in [9.17, 15) is 4.79 Å². The molecule has 0 saturated heterocycles. The molecule has 8 nitrogen and oxygen atoms in total. The first-order chi connectivity index (χ1) is 16.2. The largest absolute Gasteiger partial charge is 0.493 e. The number of ether oxygens (including phenoxy) is 3. The highest BCUT2D eigenvalue weighted by atomic mass is 32.1. The molecule has 2 heterocycles. The van der Waals surface area contributed by atoms with Crippen molar-refractivity contribution in [2.45, 2.75) is 26.9 Å². The summed E-state index contributed by atoms with van der Waals surface area (Å²) >= 11 is 1.45. The molecule has 0 aliphatic rings. The van der Waals surface area contributed by atoms with Crippen molar-refractivity contribution in [2.24, 2.45) is 0 Å². The van der Waals surface area contributed by atoms with Gasteiger partial charge >= 0.3 is 5.97 Å². The number of esters is 1. The average Bonchev–Trinajstić information content (AvgIpc) is 3.49. The van der Waals surface area contributed by atoms with Crippen LogP contribution in [0.25, 0.3) is 22.0 Å². The Balaban J connectivity index is 1.36. The van der Waals surface area contributed by atoms with Crippen molar-refractivity contribution in [1.82, 2.24) is 15.1 Å². The zero-order valence-corrected chi connectivity index (χ0v) is 19.1. The molecule has 0 atom stereocenters. The van der Waals surface area contributed by atoms with Crippen LogP contribution in [0.4, 0.5) is 0 Å². The third-order valence-electron chi connectivity index (χ3n) is 4.55. The molecule has 4 aromatic rings. The second-order valence-electron chi connectivity index (χ2n) is 6.85. The summed E-state index contributed by atoms with van der Waals surface area (Å²) in [5, 5.41) is 6.60. The summed E-state index contributed by atoms with van der Waals surface area (Å²) in [6.07, 6.45) is 0.0431. The highest BCUT2D eigenvalue weighted by molar-refractivity contribution is 7.13. The summed E-state index contributed by atoms with van der Waals surface area (Å²) in [6.45, 7) is 4.81. The summed E-state index contributed by atoms with van der Waals surface area (Å²) in [5.41, 5.74) is 2.24. The predicted octanol–water partition coefficient (Wildman–Crippen LogP) is 4.94. The molecule has 2 aromatic heterocycles. The predicted molar refractivity (Wildman–Crippen MR) is 123 cm³/mol. The lowest BCUT2D eigenvalue weighted by molar-refractivity contribution is -0.144. The van der Waals surface area contributed by atoms with E-state index in [0.717, 1.165) is 16.3 Å². The molecule has 0 N–H and O–H groups in total. The average molecular weight is 466 g/mol. The second kappa shape index (κ2) is 10.7. The Kier molecular flexibility index (Phi) is 7.31. The number of carbonyl (C=O) groups excluding carboxylic acids is 1. The summed E-state index contributed by atoms with van der Waals surface area (Å²) in [5.74, 6) is 1.58. The molecule has 4 rings (SSSR count). The zero-order chi connectivity index (χ0) is 23.0. The van der Waals surface area contributed by atoms with Crippen molar-refractivity contribution in [3.8, 4) is 33.5 Å². The van der Waals surface area contributed by atoms with Crippen LogP contribution in [0.3, 0.4) is 0 Å². The molecule has 0 aliphatic carbocycles. The molecule has 0 fully saturated rings. The molecule has 0 bridgehead atoms. The van der Waals surface area contributed by atoms with E-state index in [2.05, 4.69) is 15.1 Å². The van der Waals surface area contributed by atoms with Crippen LogP contribution in [0.1, 0.15) is 25.4 Å². The van der Waals surface area contributed by atoms with Gasteiger partial charge in [0.25, 0.3) is 5.89 Å². The summed E-state index contributed by atoms with van der Waals surface area (Å²) < 4.78 is 21.8. The quantitative estimate of drug-likeness (QED) is 0.304. The minimum atomic E-state index is -0.431. The Morgan fingerprint density at radius 3 is 2.33 bits per heavy atom. The molecule has 0 saturated carbocycles. The SMILES string of the molecule is CCOc1ccccc1-c1noc(COC(=O)Cc2csc(-c3ccccc3OCC)n2)n1. The van der Waals surface area contributed by atoms with E-state index in [1.165, 1.54) is 11.3 Å². The van der Waals surface area contributed by atoms with Gasteiger partial charge in [-0.15, -0.1) is 11.3 Å². The van der Waals surface area contributed by atoms with Crippen LogP contribution in [0.5, 0.6) is 11.5 Å². The molecule has 0 spiro atoms. The molecule has 0 radical (unpaired) electrons. The Morgan fingerprint density at radius 1 is 0.939 bits per heavy atom. The Bertz CT molecular complexity index is 1220. The van der Waals surface area contributed by atoms with Gasteiger partial charge in [-0.3, -0.25) is 4.79 Å². The first-order valence-corrected chi connectivity index (χ1v) is 11.4. The third-order valence-corrected chi connectivity index (χ3v) is 5.47. The molecule has 0 aliphatic heterocycles. The smallest absolute Gasteiger partial charge is 0.312 e. The number of para-hydroxylation sites is 2. The van der Waals surface area contributed by atoms with Gasteiger partial charge < -0.3 is 18.7 Å². The molecular weight excluding hydrogens is 442 g/mol.